The summed E-state index contributed by atoms with van der Waals surface area (Å²) in [5.74, 6) is -1.42. The Morgan fingerprint density at radius 1 is 1.05 bits per heavy atom. The minimum absolute atomic E-state index is 0. The fourth-order valence-corrected chi connectivity index (χ4v) is 9.12. The Morgan fingerprint density at radius 2 is 1.73 bits per heavy atom. The van der Waals surface area contributed by atoms with Crippen LogP contribution in [0, 0.1) is 46.3 Å². The molecule has 12 atom stereocenters. The first-order valence-corrected chi connectivity index (χ1v) is 14.9. The van der Waals surface area contributed by atoms with Crippen molar-refractivity contribution in [1.82, 2.24) is 0 Å². The van der Waals surface area contributed by atoms with Gasteiger partial charge in [0, 0.05) is 5.41 Å². The first-order valence-electron chi connectivity index (χ1n) is 13.3. The van der Waals surface area contributed by atoms with Crippen LogP contribution >= 0.6 is 0 Å². The normalized spacial score (nSPS) is 47.0. The summed E-state index contributed by atoms with van der Waals surface area (Å²) in [6.07, 6.45) is 4.32. The molecule has 0 amide bonds. The van der Waals surface area contributed by atoms with Crippen LogP contribution in [-0.2, 0) is 10.1 Å². The van der Waals surface area contributed by atoms with Gasteiger partial charge in [0.2, 0.25) is 0 Å². The van der Waals surface area contributed by atoms with E-state index in [1.54, 1.807) is 6.08 Å². The first-order chi connectivity index (χ1) is 16.7. The Balaban J connectivity index is 0.00000380. The molecule has 0 unspecified atom stereocenters. The Hall–Kier alpha value is -0.0400. The molecule has 4 fully saturated rings. The minimum Gasteiger partial charge on any atom is -0.859 e. The van der Waals surface area contributed by atoms with Crippen molar-refractivity contribution in [3.8, 4) is 0 Å². The molecule has 4 saturated carbocycles. The number of allylic oxidation sites excluding steroid dienone is 1. The van der Waals surface area contributed by atoms with E-state index in [0.717, 1.165) is 19.3 Å². The molecule has 4 aliphatic carbocycles. The second kappa shape index (κ2) is 11.4. The number of hydrogen-bond donors (Lipinski definition) is 5. The molecule has 0 aliphatic heterocycles. The molecule has 0 heterocycles. The summed E-state index contributed by atoms with van der Waals surface area (Å²) >= 11 is 0. The van der Waals surface area contributed by atoms with Crippen LogP contribution in [0.3, 0.4) is 0 Å². The van der Waals surface area contributed by atoms with Crippen LogP contribution in [0.4, 0.5) is 0 Å². The van der Waals surface area contributed by atoms with Crippen molar-refractivity contribution in [2.75, 3.05) is 12.3 Å². The van der Waals surface area contributed by atoms with Gasteiger partial charge in [0.25, 0.3) is 10.1 Å². The fraction of sp³-hybridized carbons (Fsp3) is 0.885. The Kier molecular flexibility index (Phi) is 9.74. The third-order valence-electron chi connectivity index (χ3n) is 10.7. The SMILES string of the molecule is C[C@H](/C=C/C([O-])=NCCS(=O)(=O)O)[C@H]1CC[C@H]2[C@@H]3[C@H](O)[C@H](O)[C@@H]4C[C@H](O)CC[C@]4(C)[C@H]3C[C@H](O)[C@]12C.[Na+]. The van der Waals surface area contributed by atoms with Gasteiger partial charge in [0.1, 0.15) is 0 Å². The third kappa shape index (κ3) is 5.75. The molecule has 9 nitrogen and oxygen atoms in total. The number of rotatable bonds is 6. The molecular formula is C26H42NNaO8S. The molecule has 0 aromatic carbocycles. The number of hydrogen-bond acceptors (Lipinski definition) is 8. The molecule has 11 heteroatoms. The zero-order chi connectivity index (χ0) is 26.6. The summed E-state index contributed by atoms with van der Waals surface area (Å²) < 4.78 is 30.4. The molecule has 4 rings (SSSR count). The van der Waals surface area contributed by atoms with Crippen LogP contribution in [-0.4, -0.2) is 76.0 Å². The van der Waals surface area contributed by atoms with Crippen LogP contribution in [0.15, 0.2) is 17.1 Å². The van der Waals surface area contributed by atoms with Gasteiger partial charge < -0.3 is 25.5 Å². The quantitative estimate of drug-likeness (QED) is 0.107. The molecule has 5 N–H and O–H groups in total. The van der Waals surface area contributed by atoms with Crippen LogP contribution in [0.1, 0.15) is 59.3 Å². The molecule has 4 aliphatic rings. The van der Waals surface area contributed by atoms with Gasteiger partial charge in [-0.2, -0.15) is 8.42 Å². The summed E-state index contributed by atoms with van der Waals surface area (Å²) in [6.45, 7) is 5.93. The van der Waals surface area contributed by atoms with Gasteiger partial charge in [-0.25, -0.2) is 0 Å². The van der Waals surface area contributed by atoms with Crippen molar-refractivity contribution in [1.29, 1.82) is 0 Å². The molecule has 0 radical (unpaired) electrons. The zero-order valence-electron chi connectivity index (χ0n) is 22.4. The Morgan fingerprint density at radius 3 is 2.38 bits per heavy atom. The van der Waals surface area contributed by atoms with Crippen molar-refractivity contribution in [2.45, 2.75) is 83.7 Å². The maximum Gasteiger partial charge on any atom is 1.00 e. The molecule has 0 aromatic rings. The van der Waals surface area contributed by atoms with Crippen molar-refractivity contribution in [3.63, 3.8) is 0 Å². The summed E-state index contributed by atoms with van der Waals surface area (Å²) in [5, 5.41) is 56.5. The molecule has 0 saturated heterocycles. The van der Waals surface area contributed by atoms with Crippen LogP contribution in [0.2, 0.25) is 0 Å². The van der Waals surface area contributed by atoms with Crippen molar-refractivity contribution in [3.05, 3.63) is 12.2 Å². The average molecular weight is 552 g/mol. The van der Waals surface area contributed by atoms with E-state index in [0.29, 0.717) is 19.3 Å². The maximum absolute atomic E-state index is 12.1. The maximum atomic E-state index is 12.1. The minimum atomic E-state index is -4.17. The molecule has 0 spiro atoms. The van der Waals surface area contributed by atoms with Gasteiger partial charge in [-0.3, -0.25) is 9.55 Å². The second-order valence-electron chi connectivity index (χ2n) is 12.3. The van der Waals surface area contributed by atoms with E-state index >= 15 is 0 Å². The molecule has 37 heavy (non-hydrogen) atoms. The Bertz CT molecular complexity index is 991. The monoisotopic (exact) mass is 551 g/mol. The van der Waals surface area contributed by atoms with E-state index in [4.69, 9.17) is 4.55 Å². The van der Waals surface area contributed by atoms with Gasteiger partial charge in [-0.05, 0) is 85.3 Å². The summed E-state index contributed by atoms with van der Waals surface area (Å²) in [6, 6.07) is 0. The second-order valence-corrected chi connectivity index (χ2v) is 13.9. The van der Waals surface area contributed by atoms with Gasteiger partial charge in [0.15, 0.2) is 0 Å². The smallest absolute Gasteiger partial charge is 0.859 e. The summed E-state index contributed by atoms with van der Waals surface area (Å²) in [7, 11) is -4.17. The van der Waals surface area contributed by atoms with Crippen LogP contribution in [0.25, 0.3) is 0 Å². The number of aliphatic hydroxyl groups is 4. The predicted molar refractivity (Wildman–Crippen MR) is 132 cm³/mol. The largest absolute Gasteiger partial charge is 1.00 e. The van der Waals surface area contributed by atoms with E-state index in [1.165, 1.54) is 6.08 Å². The number of fused-ring (bicyclic) bond motifs is 5. The fourth-order valence-electron chi connectivity index (χ4n) is 8.79. The number of nitrogens with zero attached hydrogens (tertiary/aromatic N) is 1. The third-order valence-corrected chi connectivity index (χ3v) is 11.4. The topological polar surface area (TPSA) is 171 Å². The van der Waals surface area contributed by atoms with Crippen molar-refractivity contribution < 1.29 is 68.1 Å². The standard InChI is InChI=1S/C26H43NO8S.Na/c1-14(4-7-21(30)27-10-11-36(33,34)35)16-5-6-17-22-18(13-20(29)26(16,17)3)25(2)9-8-15(28)12-19(25)23(31)24(22)32;/h4,7,14-20,22-24,28-29,31-32H,5-6,8-13H2,1-3H3,(H,27,30)(H,33,34,35);/q;+1/p-1/b7-4+;/t14-,15-,16-,17+,18+,19+,20+,22+,23-,24+,25-,26-;/m1./s1. The van der Waals surface area contributed by atoms with Crippen molar-refractivity contribution in [2.24, 2.45) is 51.3 Å². The van der Waals surface area contributed by atoms with E-state index in [9.17, 15) is 34.0 Å². The predicted octanol–water partition coefficient (Wildman–Crippen LogP) is -2.24. The first kappa shape index (κ1) is 31.5. The summed E-state index contributed by atoms with van der Waals surface area (Å²) in [4.78, 5) is 3.65. The van der Waals surface area contributed by atoms with Gasteiger partial charge in [-0.1, -0.05) is 32.9 Å². The number of aliphatic hydroxyl groups excluding tert-OH is 4. The van der Waals surface area contributed by atoms with Crippen LogP contribution < -0.4 is 34.7 Å². The molecule has 0 bridgehead atoms. The molecule has 0 aromatic heterocycles. The van der Waals surface area contributed by atoms with Crippen LogP contribution in [0.5, 0.6) is 0 Å². The van der Waals surface area contributed by atoms with Crippen molar-refractivity contribution >= 4 is 16.0 Å². The Labute approximate surface area is 242 Å². The zero-order valence-corrected chi connectivity index (χ0v) is 25.2. The van der Waals surface area contributed by atoms with Gasteiger partial charge >= 0.3 is 29.6 Å². The molecular weight excluding hydrogens is 509 g/mol. The van der Waals surface area contributed by atoms with Gasteiger partial charge in [0.05, 0.1) is 36.7 Å². The van der Waals surface area contributed by atoms with Gasteiger partial charge in [-0.15, -0.1) is 0 Å². The van der Waals surface area contributed by atoms with E-state index in [-0.39, 0.29) is 77.0 Å². The van der Waals surface area contributed by atoms with E-state index in [2.05, 4.69) is 18.8 Å². The molecule has 206 valence electrons. The van der Waals surface area contributed by atoms with E-state index < -0.39 is 51.6 Å². The van der Waals surface area contributed by atoms with E-state index in [1.807, 2.05) is 6.92 Å². The number of aliphatic imine (C=N–C) groups is 1. The average Bonchev–Trinajstić information content (AvgIpc) is 3.15. The summed E-state index contributed by atoms with van der Waals surface area (Å²) in [5.41, 5.74) is -0.738.